The summed E-state index contributed by atoms with van der Waals surface area (Å²) in [6.07, 6.45) is 2.34. The summed E-state index contributed by atoms with van der Waals surface area (Å²) in [6.45, 7) is 3.22. The van der Waals surface area contributed by atoms with E-state index in [4.69, 9.17) is 5.11 Å². The van der Waals surface area contributed by atoms with Gasteiger partial charge < -0.3 is 10.4 Å². The van der Waals surface area contributed by atoms with E-state index >= 15 is 0 Å². The summed E-state index contributed by atoms with van der Waals surface area (Å²) in [5.74, 6) is -0.0676. The van der Waals surface area contributed by atoms with Gasteiger partial charge in [-0.05, 0) is 38.9 Å². The lowest BCUT2D eigenvalue weighted by Crippen LogP contribution is -2.36. The molecule has 4 heteroatoms. The molecule has 0 atom stereocenters. The molecule has 0 aliphatic carbocycles. The normalized spacial score (nSPS) is 19.2. The maximum absolute atomic E-state index is 10.4. The Hall–Kier alpha value is -0.610. The van der Waals surface area contributed by atoms with Gasteiger partial charge in [0.2, 0.25) is 0 Å². The van der Waals surface area contributed by atoms with E-state index in [1.807, 2.05) is 11.9 Å². The van der Waals surface area contributed by atoms with Crippen molar-refractivity contribution in [1.29, 1.82) is 0 Å². The van der Waals surface area contributed by atoms with E-state index in [2.05, 4.69) is 5.32 Å². The number of hydrogen-bond acceptors (Lipinski definition) is 3. The molecule has 0 aromatic carbocycles. The van der Waals surface area contributed by atoms with Crippen molar-refractivity contribution in [2.75, 3.05) is 33.2 Å². The first-order chi connectivity index (χ1) is 6.18. The molecule has 13 heavy (non-hydrogen) atoms. The smallest absolute Gasteiger partial charge is 0.317 e. The monoisotopic (exact) mass is 186 g/mol. The van der Waals surface area contributed by atoms with Crippen molar-refractivity contribution in [1.82, 2.24) is 10.2 Å². The van der Waals surface area contributed by atoms with Gasteiger partial charge in [0.25, 0.3) is 0 Å². The van der Waals surface area contributed by atoms with Gasteiger partial charge in [-0.1, -0.05) is 0 Å². The van der Waals surface area contributed by atoms with Gasteiger partial charge >= 0.3 is 5.97 Å². The van der Waals surface area contributed by atoms with Gasteiger partial charge in [-0.3, -0.25) is 9.69 Å². The zero-order valence-electron chi connectivity index (χ0n) is 8.12. The van der Waals surface area contributed by atoms with E-state index in [-0.39, 0.29) is 6.54 Å². The SMILES string of the molecule is CN(CC(=O)O)CC1CCNCC1. The summed E-state index contributed by atoms with van der Waals surface area (Å²) < 4.78 is 0. The Bertz CT molecular complexity index is 167. The first-order valence-electron chi connectivity index (χ1n) is 4.79. The third-order valence-corrected chi connectivity index (χ3v) is 2.43. The fraction of sp³-hybridized carbons (Fsp3) is 0.889. The topological polar surface area (TPSA) is 52.6 Å². The molecule has 0 aromatic rings. The van der Waals surface area contributed by atoms with Gasteiger partial charge in [-0.2, -0.15) is 0 Å². The Kier molecular flexibility index (Phi) is 4.18. The molecule has 1 aliphatic rings. The minimum absolute atomic E-state index is 0.157. The van der Waals surface area contributed by atoms with Crippen LogP contribution >= 0.6 is 0 Å². The molecule has 0 spiro atoms. The summed E-state index contributed by atoms with van der Waals surface area (Å²) in [5.41, 5.74) is 0. The largest absolute Gasteiger partial charge is 0.480 e. The zero-order valence-corrected chi connectivity index (χ0v) is 8.12. The van der Waals surface area contributed by atoms with Crippen LogP contribution in [0.5, 0.6) is 0 Å². The van der Waals surface area contributed by atoms with E-state index < -0.39 is 5.97 Å². The lowest BCUT2D eigenvalue weighted by Gasteiger charge is -2.26. The molecule has 0 amide bonds. The number of likely N-dealkylation sites (N-methyl/N-ethyl adjacent to an activating group) is 1. The number of piperidine rings is 1. The number of nitrogens with zero attached hydrogens (tertiary/aromatic N) is 1. The summed E-state index contributed by atoms with van der Waals surface area (Å²) in [7, 11) is 1.87. The summed E-state index contributed by atoms with van der Waals surface area (Å²) >= 11 is 0. The van der Waals surface area contributed by atoms with Gasteiger partial charge in [-0.15, -0.1) is 0 Å². The lowest BCUT2D eigenvalue weighted by atomic mass is 9.98. The zero-order chi connectivity index (χ0) is 9.68. The van der Waals surface area contributed by atoms with Crippen molar-refractivity contribution in [3.63, 3.8) is 0 Å². The molecule has 1 fully saturated rings. The van der Waals surface area contributed by atoms with Crippen molar-refractivity contribution >= 4 is 5.97 Å². The number of nitrogens with one attached hydrogen (secondary N) is 1. The van der Waals surface area contributed by atoms with Crippen molar-refractivity contribution in [3.8, 4) is 0 Å². The van der Waals surface area contributed by atoms with Crippen LogP contribution in [-0.2, 0) is 4.79 Å². The van der Waals surface area contributed by atoms with Crippen LogP contribution < -0.4 is 5.32 Å². The molecule has 0 aromatic heterocycles. The molecule has 4 nitrogen and oxygen atoms in total. The van der Waals surface area contributed by atoms with Crippen molar-refractivity contribution in [2.45, 2.75) is 12.8 Å². The third-order valence-electron chi connectivity index (χ3n) is 2.43. The van der Waals surface area contributed by atoms with Crippen LogP contribution in [0.3, 0.4) is 0 Å². The second kappa shape index (κ2) is 5.19. The second-order valence-electron chi connectivity index (χ2n) is 3.78. The summed E-state index contributed by atoms with van der Waals surface area (Å²) in [5, 5.41) is 11.9. The number of carboxylic acid groups (broad SMARTS) is 1. The molecule has 1 saturated heterocycles. The molecule has 0 unspecified atom stereocenters. The number of rotatable bonds is 4. The Morgan fingerprint density at radius 1 is 1.54 bits per heavy atom. The number of carboxylic acids is 1. The van der Waals surface area contributed by atoms with Crippen LogP contribution in [0.15, 0.2) is 0 Å². The molecule has 1 aliphatic heterocycles. The Balaban J connectivity index is 2.18. The van der Waals surface area contributed by atoms with Crippen LogP contribution in [0, 0.1) is 5.92 Å². The Labute approximate surface area is 78.9 Å². The highest BCUT2D eigenvalue weighted by Crippen LogP contribution is 2.12. The van der Waals surface area contributed by atoms with Crippen LogP contribution in [0.4, 0.5) is 0 Å². The fourth-order valence-corrected chi connectivity index (χ4v) is 1.80. The van der Waals surface area contributed by atoms with Crippen LogP contribution in [0.1, 0.15) is 12.8 Å². The predicted octanol–water partition coefficient (Wildman–Crippen LogP) is 0.00240. The Morgan fingerprint density at radius 2 is 2.15 bits per heavy atom. The highest BCUT2D eigenvalue weighted by molar-refractivity contribution is 5.68. The van der Waals surface area contributed by atoms with Crippen LogP contribution in [-0.4, -0.2) is 49.2 Å². The highest BCUT2D eigenvalue weighted by Gasteiger charge is 2.15. The fourth-order valence-electron chi connectivity index (χ4n) is 1.80. The highest BCUT2D eigenvalue weighted by atomic mass is 16.4. The lowest BCUT2D eigenvalue weighted by molar-refractivity contribution is -0.138. The third kappa shape index (κ3) is 4.24. The van der Waals surface area contributed by atoms with E-state index in [0.29, 0.717) is 5.92 Å². The first-order valence-corrected chi connectivity index (χ1v) is 4.79. The summed E-state index contributed by atoms with van der Waals surface area (Å²) in [6, 6.07) is 0. The number of carbonyl (C=O) groups is 1. The Morgan fingerprint density at radius 3 is 2.69 bits per heavy atom. The maximum atomic E-state index is 10.4. The van der Waals surface area contributed by atoms with Gasteiger partial charge in [0.1, 0.15) is 0 Å². The molecule has 0 radical (unpaired) electrons. The minimum Gasteiger partial charge on any atom is -0.480 e. The molecule has 1 rings (SSSR count). The van der Waals surface area contributed by atoms with Crippen LogP contribution in [0.25, 0.3) is 0 Å². The van der Waals surface area contributed by atoms with Gasteiger partial charge in [0, 0.05) is 6.54 Å². The van der Waals surface area contributed by atoms with Crippen molar-refractivity contribution < 1.29 is 9.90 Å². The number of aliphatic carboxylic acids is 1. The summed E-state index contributed by atoms with van der Waals surface area (Å²) in [4.78, 5) is 12.3. The number of hydrogen-bond donors (Lipinski definition) is 2. The van der Waals surface area contributed by atoms with Crippen LogP contribution in [0.2, 0.25) is 0 Å². The molecule has 0 saturated carbocycles. The van der Waals surface area contributed by atoms with E-state index in [1.165, 1.54) is 12.8 Å². The van der Waals surface area contributed by atoms with Crippen molar-refractivity contribution in [3.05, 3.63) is 0 Å². The maximum Gasteiger partial charge on any atom is 0.317 e. The molecule has 0 bridgehead atoms. The van der Waals surface area contributed by atoms with Gasteiger partial charge in [-0.25, -0.2) is 0 Å². The molecular formula is C9H18N2O2. The van der Waals surface area contributed by atoms with E-state index in [9.17, 15) is 4.79 Å². The minimum atomic E-state index is -0.739. The predicted molar refractivity (Wildman–Crippen MR) is 50.7 cm³/mol. The van der Waals surface area contributed by atoms with E-state index in [1.54, 1.807) is 0 Å². The average molecular weight is 186 g/mol. The second-order valence-corrected chi connectivity index (χ2v) is 3.78. The molecule has 1 heterocycles. The quantitative estimate of drug-likeness (QED) is 0.649. The molecular weight excluding hydrogens is 168 g/mol. The van der Waals surface area contributed by atoms with Crippen molar-refractivity contribution in [2.24, 2.45) is 5.92 Å². The standard InChI is InChI=1S/C9H18N2O2/c1-11(7-9(12)13)6-8-2-4-10-5-3-8/h8,10H,2-7H2,1H3,(H,12,13). The first kappa shape index (κ1) is 10.5. The molecule has 2 N–H and O–H groups in total. The van der Waals surface area contributed by atoms with Gasteiger partial charge in [0.05, 0.1) is 6.54 Å². The van der Waals surface area contributed by atoms with E-state index in [0.717, 1.165) is 19.6 Å². The molecule has 76 valence electrons. The van der Waals surface area contributed by atoms with Gasteiger partial charge in [0.15, 0.2) is 0 Å². The average Bonchev–Trinajstić information content (AvgIpc) is 2.04.